The first-order chi connectivity index (χ1) is 10.4. The van der Waals surface area contributed by atoms with Crippen molar-refractivity contribution in [3.05, 3.63) is 30.0 Å². The minimum absolute atomic E-state index is 0. The summed E-state index contributed by atoms with van der Waals surface area (Å²) in [5.41, 5.74) is 2.08. The second-order valence-corrected chi connectivity index (χ2v) is 5.89. The van der Waals surface area contributed by atoms with Crippen LogP contribution in [0, 0.1) is 0 Å². The molecule has 1 N–H and O–H groups in total. The van der Waals surface area contributed by atoms with Gasteiger partial charge in [0.1, 0.15) is 0 Å². The molecule has 1 aliphatic heterocycles. The van der Waals surface area contributed by atoms with Crippen LogP contribution in [0.4, 0.5) is 0 Å². The van der Waals surface area contributed by atoms with Gasteiger partial charge in [-0.1, -0.05) is 24.2 Å². The normalized spacial score (nSPS) is 16.0. The number of nitrogens with zero attached hydrogens (tertiary/aromatic N) is 2. The number of hydrogen-bond acceptors (Lipinski definition) is 4. The molecular formula is C17H27Cl2N3O. The first-order valence-corrected chi connectivity index (χ1v) is 8.16. The SMILES string of the molecule is CCNCCCN1CCC(c2noc3ccccc23)CC1.Cl.Cl. The Morgan fingerprint density at radius 1 is 1.22 bits per heavy atom. The Balaban J connectivity index is 0.00000132. The predicted octanol–water partition coefficient (Wildman–Crippen LogP) is 3.85. The fourth-order valence-corrected chi connectivity index (χ4v) is 3.23. The minimum atomic E-state index is 0. The smallest absolute Gasteiger partial charge is 0.167 e. The van der Waals surface area contributed by atoms with Crippen molar-refractivity contribution in [2.24, 2.45) is 0 Å². The van der Waals surface area contributed by atoms with Crippen LogP contribution in [0.5, 0.6) is 0 Å². The molecule has 0 amide bonds. The molecule has 1 aromatic carbocycles. The van der Waals surface area contributed by atoms with Crippen LogP contribution < -0.4 is 5.32 Å². The Morgan fingerprint density at radius 3 is 2.70 bits per heavy atom. The van der Waals surface area contributed by atoms with E-state index in [1.807, 2.05) is 12.1 Å². The summed E-state index contributed by atoms with van der Waals surface area (Å²) in [7, 11) is 0. The number of rotatable bonds is 6. The van der Waals surface area contributed by atoms with E-state index in [0.29, 0.717) is 5.92 Å². The van der Waals surface area contributed by atoms with Crippen molar-refractivity contribution >= 4 is 35.8 Å². The van der Waals surface area contributed by atoms with Crippen molar-refractivity contribution in [3.8, 4) is 0 Å². The third kappa shape index (κ3) is 5.08. The van der Waals surface area contributed by atoms with Crippen LogP contribution in [-0.4, -0.2) is 42.8 Å². The van der Waals surface area contributed by atoms with Crippen LogP contribution in [0.3, 0.4) is 0 Å². The van der Waals surface area contributed by atoms with E-state index in [1.54, 1.807) is 0 Å². The molecule has 0 saturated carbocycles. The molecule has 0 spiro atoms. The number of aromatic nitrogens is 1. The molecule has 0 atom stereocenters. The predicted molar refractivity (Wildman–Crippen MR) is 100 cm³/mol. The fraction of sp³-hybridized carbons (Fsp3) is 0.588. The van der Waals surface area contributed by atoms with Crippen LogP contribution in [0.2, 0.25) is 0 Å². The van der Waals surface area contributed by atoms with E-state index in [-0.39, 0.29) is 24.8 Å². The summed E-state index contributed by atoms with van der Waals surface area (Å²) < 4.78 is 5.45. The molecule has 0 aliphatic carbocycles. The summed E-state index contributed by atoms with van der Waals surface area (Å²) in [6.07, 6.45) is 3.63. The molecule has 6 heteroatoms. The Hall–Kier alpha value is -0.810. The second-order valence-electron chi connectivity index (χ2n) is 5.89. The largest absolute Gasteiger partial charge is 0.356 e. The molecule has 3 rings (SSSR count). The fourth-order valence-electron chi connectivity index (χ4n) is 3.23. The van der Waals surface area contributed by atoms with Gasteiger partial charge in [0.15, 0.2) is 5.58 Å². The molecule has 2 aromatic rings. The van der Waals surface area contributed by atoms with E-state index in [9.17, 15) is 0 Å². The number of likely N-dealkylation sites (tertiary alicyclic amines) is 1. The van der Waals surface area contributed by atoms with E-state index in [4.69, 9.17) is 4.52 Å². The zero-order chi connectivity index (χ0) is 14.5. The first-order valence-electron chi connectivity index (χ1n) is 8.16. The number of halogens is 2. The van der Waals surface area contributed by atoms with Crippen LogP contribution in [0.25, 0.3) is 11.0 Å². The summed E-state index contributed by atoms with van der Waals surface area (Å²) in [4.78, 5) is 2.58. The molecule has 1 aromatic heterocycles. The first kappa shape index (κ1) is 20.2. The summed E-state index contributed by atoms with van der Waals surface area (Å²) in [5, 5.41) is 8.91. The lowest BCUT2D eigenvalue weighted by Crippen LogP contribution is -2.35. The molecular weight excluding hydrogens is 333 g/mol. The molecule has 0 radical (unpaired) electrons. The Kier molecular flexibility index (Phi) is 8.92. The van der Waals surface area contributed by atoms with Gasteiger partial charge in [-0.25, -0.2) is 0 Å². The highest BCUT2D eigenvalue weighted by molar-refractivity contribution is 5.85. The van der Waals surface area contributed by atoms with Crippen molar-refractivity contribution < 1.29 is 4.52 Å². The minimum Gasteiger partial charge on any atom is -0.356 e. The number of nitrogens with one attached hydrogen (secondary N) is 1. The average Bonchev–Trinajstić information content (AvgIpc) is 2.96. The standard InChI is InChI=1S/C17H25N3O.2ClH/c1-2-18-10-5-11-20-12-8-14(9-13-20)17-15-6-3-4-7-16(15)21-19-17;;/h3-4,6-7,14,18H,2,5,8-13H2,1H3;2*1H. The second kappa shape index (κ2) is 10.1. The maximum atomic E-state index is 5.45. The topological polar surface area (TPSA) is 41.3 Å². The summed E-state index contributed by atoms with van der Waals surface area (Å²) >= 11 is 0. The lowest BCUT2D eigenvalue weighted by Gasteiger charge is -2.31. The van der Waals surface area contributed by atoms with Gasteiger partial charge in [0.05, 0.1) is 5.69 Å². The van der Waals surface area contributed by atoms with Crippen LogP contribution in [0.15, 0.2) is 28.8 Å². The Bertz CT molecular complexity index is 568. The Labute approximate surface area is 150 Å². The zero-order valence-electron chi connectivity index (χ0n) is 13.7. The van der Waals surface area contributed by atoms with Crippen molar-refractivity contribution in [3.63, 3.8) is 0 Å². The van der Waals surface area contributed by atoms with Crippen LogP contribution in [-0.2, 0) is 0 Å². The summed E-state index contributed by atoms with van der Waals surface area (Å²) in [5.74, 6) is 0.554. The van der Waals surface area contributed by atoms with Gasteiger partial charge in [-0.05, 0) is 64.1 Å². The molecule has 4 nitrogen and oxygen atoms in total. The molecule has 1 aliphatic rings. The number of benzene rings is 1. The van der Waals surface area contributed by atoms with E-state index >= 15 is 0 Å². The monoisotopic (exact) mass is 359 g/mol. The van der Waals surface area contributed by atoms with Gasteiger partial charge in [0.2, 0.25) is 0 Å². The number of para-hydroxylation sites is 1. The molecule has 2 heterocycles. The van der Waals surface area contributed by atoms with E-state index in [1.165, 1.54) is 44.3 Å². The van der Waals surface area contributed by atoms with E-state index < -0.39 is 0 Å². The lowest BCUT2D eigenvalue weighted by molar-refractivity contribution is 0.207. The molecule has 1 fully saturated rings. The average molecular weight is 360 g/mol. The molecule has 23 heavy (non-hydrogen) atoms. The molecule has 130 valence electrons. The van der Waals surface area contributed by atoms with Gasteiger partial charge in [-0.15, -0.1) is 24.8 Å². The van der Waals surface area contributed by atoms with Crippen LogP contribution in [0.1, 0.15) is 37.8 Å². The molecule has 1 saturated heterocycles. The van der Waals surface area contributed by atoms with Gasteiger partial charge >= 0.3 is 0 Å². The maximum absolute atomic E-state index is 5.45. The molecule has 0 bridgehead atoms. The van der Waals surface area contributed by atoms with Gasteiger partial charge in [-0.2, -0.15) is 0 Å². The maximum Gasteiger partial charge on any atom is 0.167 e. The quantitative estimate of drug-likeness (QED) is 0.795. The highest BCUT2D eigenvalue weighted by atomic mass is 35.5. The van der Waals surface area contributed by atoms with Crippen molar-refractivity contribution in [1.82, 2.24) is 15.4 Å². The zero-order valence-corrected chi connectivity index (χ0v) is 15.3. The van der Waals surface area contributed by atoms with Gasteiger partial charge in [0, 0.05) is 11.3 Å². The highest BCUT2D eigenvalue weighted by Crippen LogP contribution is 2.32. The van der Waals surface area contributed by atoms with Gasteiger partial charge < -0.3 is 14.7 Å². The highest BCUT2D eigenvalue weighted by Gasteiger charge is 2.24. The van der Waals surface area contributed by atoms with Crippen molar-refractivity contribution in [1.29, 1.82) is 0 Å². The van der Waals surface area contributed by atoms with E-state index in [0.717, 1.165) is 24.4 Å². The summed E-state index contributed by atoms with van der Waals surface area (Å²) in [6.45, 7) is 7.93. The van der Waals surface area contributed by atoms with Crippen molar-refractivity contribution in [2.75, 3.05) is 32.7 Å². The van der Waals surface area contributed by atoms with Gasteiger partial charge in [-0.3, -0.25) is 0 Å². The van der Waals surface area contributed by atoms with E-state index in [2.05, 4.69) is 34.4 Å². The van der Waals surface area contributed by atoms with Gasteiger partial charge in [0.25, 0.3) is 0 Å². The number of hydrogen-bond donors (Lipinski definition) is 1. The Morgan fingerprint density at radius 2 is 1.96 bits per heavy atom. The molecule has 0 unspecified atom stereocenters. The number of piperidine rings is 1. The third-order valence-electron chi connectivity index (χ3n) is 4.46. The third-order valence-corrected chi connectivity index (χ3v) is 4.46. The van der Waals surface area contributed by atoms with Crippen molar-refractivity contribution in [2.45, 2.75) is 32.1 Å². The number of fused-ring (bicyclic) bond motifs is 1. The lowest BCUT2D eigenvalue weighted by atomic mass is 9.91. The van der Waals surface area contributed by atoms with Crippen LogP contribution >= 0.6 is 24.8 Å². The summed E-state index contributed by atoms with van der Waals surface area (Å²) in [6, 6.07) is 8.20.